The van der Waals surface area contributed by atoms with Crippen molar-refractivity contribution in [3.8, 4) is 11.6 Å². The normalized spacial score (nSPS) is 11.5. The number of pyridine rings is 1. The lowest BCUT2D eigenvalue weighted by Gasteiger charge is -2.12. The molecular weight excluding hydrogens is 504 g/mol. The number of fused-ring (bicyclic) bond motifs is 1. The lowest BCUT2D eigenvalue weighted by atomic mass is 10.2. The number of nitrogens with zero attached hydrogens (tertiary/aromatic N) is 1. The van der Waals surface area contributed by atoms with E-state index in [-0.39, 0.29) is 11.4 Å². The second-order valence-corrected chi connectivity index (χ2v) is 9.77. The number of hydrogen-bond acceptors (Lipinski definition) is 5. The first-order valence-electron chi connectivity index (χ1n) is 10.2. The molecule has 0 aliphatic carbocycles. The number of aromatic amines is 1. The van der Waals surface area contributed by atoms with Gasteiger partial charge in [-0.3, -0.25) is 4.72 Å². The fraction of sp³-hybridized carbons (Fsp3) is 0.174. The van der Waals surface area contributed by atoms with Gasteiger partial charge in [0.15, 0.2) is 0 Å². The third-order valence-electron chi connectivity index (χ3n) is 5.01. The van der Waals surface area contributed by atoms with Crippen LogP contribution in [0.25, 0.3) is 10.9 Å². The summed E-state index contributed by atoms with van der Waals surface area (Å²) in [6.07, 6.45) is 2.77. The molecule has 2 aromatic carbocycles. The maximum absolute atomic E-state index is 14.7. The number of methoxy groups -OCH3 is 1. The van der Waals surface area contributed by atoms with Crippen molar-refractivity contribution >= 4 is 49.8 Å². The molecule has 0 saturated heterocycles. The summed E-state index contributed by atoms with van der Waals surface area (Å²) in [7, 11) is -2.68. The Kier molecular flexibility index (Phi) is 7.16. The van der Waals surface area contributed by atoms with E-state index in [4.69, 9.17) is 32.7 Å². The number of hydrogen-bond donors (Lipinski definition) is 2. The summed E-state index contributed by atoms with van der Waals surface area (Å²) in [5, 5.41) is 1.17. The monoisotopic (exact) mass is 523 g/mol. The molecule has 2 heterocycles. The van der Waals surface area contributed by atoms with Crippen LogP contribution >= 0.6 is 23.2 Å². The first-order chi connectivity index (χ1) is 16.3. The third-order valence-corrected chi connectivity index (χ3v) is 7.02. The van der Waals surface area contributed by atoms with Gasteiger partial charge >= 0.3 is 0 Å². The molecule has 11 heteroatoms. The molecule has 0 unspecified atom stereocenters. The maximum atomic E-state index is 14.7. The van der Waals surface area contributed by atoms with Gasteiger partial charge in [-0.05, 0) is 43.2 Å². The zero-order valence-electron chi connectivity index (χ0n) is 17.9. The summed E-state index contributed by atoms with van der Waals surface area (Å²) in [6, 6.07) is 12.1. The molecular formula is C23H20Cl2FN3O4S. The van der Waals surface area contributed by atoms with Crippen LogP contribution in [0, 0.1) is 5.82 Å². The molecule has 7 nitrogen and oxygen atoms in total. The van der Waals surface area contributed by atoms with Crippen LogP contribution in [-0.4, -0.2) is 32.1 Å². The highest BCUT2D eigenvalue weighted by Gasteiger charge is 2.22. The molecule has 0 aliphatic rings. The summed E-state index contributed by atoms with van der Waals surface area (Å²) >= 11 is 12.2. The number of aryl methyl sites for hydroxylation is 1. The zero-order chi connectivity index (χ0) is 24.3. The Morgan fingerprint density at radius 3 is 2.71 bits per heavy atom. The van der Waals surface area contributed by atoms with Crippen molar-refractivity contribution in [2.45, 2.75) is 17.7 Å². The summed E-state index contributed by atoms with van der Waals surface area (Å²) in [5.74, 6) is -0.182. The van der Waals surface area contributed by atoms with Gasteiger partial charge in [-0.1, -0.05) is 29.3 Å². The van der Waals surface area contributed by atoms with Gasteiger partial charge in [-0.25, -0.2) is 17.8 Å². The van der Waals surface area contributed by atoms with Crippen LogP contribution in [0.1, 0.15) is 12.1 Å². The molecule has 34 heavy (non-hydrogen) atoms. The van der Waals surface area contributed by atoms with Gasteiger partial charge in [0, 0.05) is 29.4 Å². The lowest BCUT2D eigenvalue weighted by Crippen LogP contribution is -2.15. The molecule has 0 bridgehead atoms. The number of nitrogens with one attached hydrogen (secondary N) is 2. The molecule has 0 radical (unpaired) electrons. The topological polar surface area (TPSA) is 93.3 Å². The Labute approximate surface area is 205 Å². The highest BCUT2D eigenvalue weighted by molar-refractivity contribution is 7.92. The van der Waals surface area contributed by atoms with Gasteiger partial charge in [0.1, 0.15) is 16.5 Å². The third kappa shape index (κ3) is 5.22. The number of sulfonamides is 1. The lowest BCUT2D eigenvalue weighted by molar-refractivity contribution is 0.308. The molecule has 4 rings (SSSR count). The number of rotatable bonds is 9. The largest absolute Gasteiger partial charge is 0.493 e. The standard InChI is InChI=1S/C23H20Cl2FN3O4S/c1-32-21-6-2-4-14(28-21)5-3-11-33-15-7-10-20(18(26)12-15)34(30,31)29-19-9-8-16(24)22-17(25)13-27-23(19)22/h2,4,6-10,12-13,27,29H,3,5,11H2,1H3. The van der Waals surface area contributed by atoms with Crippen LogP contribution in [0.4, 0.5) is 10.1 Å². The van der Waals surface area contributed by atoms with E-state index >= 15 is 0 Å². The van der Waals surface area contributed by atoms with Gasteiger partial charge in [0.2, 0.25) is 5.88 Å². The van der Waals surface area contributed by atoms with E-state index in [1.54, 1.807) is 13.2 Å². The highest BCUT2D eigenvalue weighted by Crippen LogP contribution is 2.35. The first-order valence-corrected chi connectivity index (χ1v) is 12.4. The predicted octanol–water partition coefficient (Wildman–Crippen LogP) is 5.83. The number of halogens is 3. The van der Waals surface area contributed by atoms with Gasteiger partial charge in [0.25, 0.3) is 10.0 Å². The Morgan fingerprint density at radius 2 is 1.94 bits per heavy atom. The van der Waals surface area contributed by atoms with Crippen LogP contribution in [0.5, 0.6) is 11.6 Å². The minimum Gasteiger partial charge on any atom is -0.493 e. The van der Waals surface area contributed by atoms with E-state index < -0.39 is 20.7 Å². The van der Waals surface area contributed by atoms with Gasteiger partial charge in [-0.2, -0.15) is 0 Å². The van der Waals surface area contributed by atoms with Crippen molar-refractivity contribution in [3.63, 3.8) is 0 Å². The van der Waals surface area contributed by atoms with Crippen LogP contribution in [0.15, 0.2) is 59.6 Å². The molecule has 0 fully saturated rings. The maximum Gasteiger partial charge on any atom is 0.264 e. The van der Waals surface area contributed by atoms with Crippen molar-refractivity contribution in [2.75, 3.05) is 18.4 Å². The molecule has 2 aromatic heterocycles. The van der Waals surface area contributed by atoms with E-state index in [1.807, 2.05) is 12.1 Å². The van der Waals surface area contributed by atoms with E-state index in [0.29, 0.717) is 46.3 Å². The molecule has 0 aliphatic heterocycles. The zero-order valence-corrected chi connectivity index (χ0v) is 20.3. The van der Waals surface area contributed by atoms with E-state index in [1.165, 1.54) is 24.4 Å². The highest BCUT2D eigenvalue weighted by atomic mass is 35.5. The molecule has 2 N–H and O–H groups in total. The Bertz CT molecular complexity index is 1440. The van der Waals surface area contributed by atoms with Crippen molar-refractivity contribution in [1.29, 1.82) is 0 Å². The average molecular weight is 524 g/mol. The summed E-state index contributed by atoms with van der Waals surface area (Å²) in [6.45, 7) is 0.305. The minimum absolute atomic E-state index is 0.192. The molecule has 4 aromatic rings. The predicted molar refractivity (Wildman–Crippen MR) is 130 cm³/mol. The molecule has 178 valence electrons. The van der Waals surface area contributed by atoms with E-state index in [9.17, 15) is 12.8 Å². The van der Waals surface area contributed by atoms with Gasteiger partial charge < -0.3 is 14.5 Å². The number of anilines is 1. The van der Waals surface area contributed by atoms with Crippen molar-refractivity contribution in [3.05, 3.63) is 76.3 Å². The minimum atomic E-state index is -4.23. The summed E-state index contributed by atoms with van der Waals surface area (Å²) in [4.78, 5) is 6.68. The molecule has 0 atom stereocenters. The number of benzene rings is 2. The second-order valence-electron chi connectivity index (χ2n) is 7.30. The average Bonchev–Trinajstić information content (AvgIpc) is 3.21. The number of H-pyrrole nitrogens is 1. The van der Waals surface area contributed by atoms with E-state index in [2.05, 4.69) is 14.7 Å². The van der Waals surface area contributed by atoms with Gasteiger partial charge in [0.05, 0.1) is 35.0 Å². The number of ether oxygens (including phenoxy) is 2. The fourth-order valence-electron chi connectivity index (χ4n) is 3.40. The van der Waals surface area contributed by atoms with Crippen molar-refractivity contribution in [2.24, 2.45) is 0 Å². The Balaban J connectivity index is 1.42. The fourth-order valence-corrected chi connectivity index (χ4v) is 5.09. The van der Waals surface area contributed by atoms with Gasteiger partial charge in [-0.15, -0.1) is 0 Å². The molecule has 0 amide bonds. The Morgan fingerprint density at radius 1 is 1.12 bits per heavy atom. The smallest absolute Gasteiger partial charge is 0.264 e. The SMILES string of the molecule is COc1cccc(CCCOc2ccc(S(=O)(=O)Nc3ccc(Cl)c4c(Cl)c[nH]c34)c(F)c2)n1. The quantitative estimate of drug-likeness (QED) is 0.269. The summed E-state index contributed by atoms with van der Waals surface area (Å²) in [5.41, 5.74) is 1.44. The molecule has 0 saturated carbocycles. The van der Waals surface area contributed by atoms with Crippen molar-refractivity contribution in [1.82, 2.24) is 9.97 Å². The van der Waals surface area contributed by atoms with Crippen LogP contribution < -0.4 is 14.2 Å². The van der Waals surface area contributed by atoms with Crippen LogP contribution in [0.3, 0.4) is 0 Å². The molecule has 0 spiro atoms. The first kappa shape index (κ1) is 24.1. The van der Waals surface area contributed by atoms with Crippen LogP contribution in [0.2, 0.25) is 10.0 Å². The second kappa shape index (κ2) is 10.1. The number of aromatic nitrogens is 2. The summed E-state index contributed by atoms with van der Waals surface area (Å²) < 4.78 is 53.5. The van der Waals surface area contributed by atoms with E-state index in [0.717, 1.165) is 17.8 Å². The van der Waals surface area contributed by atoms with Crippen LogP contribution in [-0.2, 0) is 16.4 Å². The van der Waals surface area contributed by atoms with Crippen molar-refractivity contribution < 1.29 is 22.3 Å². The Hall–Kier alpha value is -3.01.